The summed E-state index contributed by atoms with van der Waals surface area (Å²) in [5.41, 5.74) is 2.34. The van der Waals surface area contributed by atoms with Gasteiger partial charge in [-0.1, -0.05) is 30.7 Å². The number of nitrogens with one attached hydrogen (secondary N) is 1. The Hall–Kier alpha value is -1.03. The number of halogens is 2. The highest BCUT2D eigenvalue weighted by Crippen LogP contribution is 2.34. The summed E-state index contributed by atoms with van der Waals surface area (Å²) in [6, 6.07) is 11.8. The van der Waals surface area contributed by atoms with Gasteiger partial charge in [0.25, 0.3) is 0 Å². The van der Waals surface area contributed by atoms with Crippen LogP contribution in [0.25, 0.3) is 0 Å². The van der Waals surface area contributed by atoms with E-state index in [0.717, 1.165) is 35.3 Å². The van der Waals surface area contributed by atoms with Gasteiger partial charge < -0.3 is 10.1 Å². The largest absolute Gasteiger partial charge is 0.455 e. The zero-order valence-electron chi connectivity index (χ0n) is 12.2. The standard InChI is InChI=1S/C17H19BrClNO/c1-3-8-20-11-13-5-7-16(14(18)10-13)21-17-9-12(2)4-6-15(17)19/h4-7,9-10,20H,3,8,11H2,1-2H3. The summed E-state index contributed by atoms with van der Waals surface area (Å²) in [7, 11) is 0. The van der Waals surface area contributed by atoms with Crippen LogP contribution < -0.4 is 10.1 Å². The average molecular weight is 369 g/mol. The second-order valence-electron chi connectivity index (χ2n) is 4.98. The zero-order chi connectivity index (χ0) is 15.2. The van der Waals surface area contributed by atoms with Gasteiger partial charge in [-0.3, -0.25) is 0 Å². The van der Waals surface area contributed by atoms with Crippen LogP contribution in [-0.4, -0.2) is 6.54 Å². The summed E-state index contributed by atoms with van der Waals surface area (Å²) in [5, 5.41) is 3.99. The average Bonchev–Trinajstić information content (AvgIpc) is 2.46. The molecule has 4 heteroatoms. The van der Waals surface area contributed by atoms with E-state index < -0.39 is 0 Å². The van der Waals surface area contributed by atoms with Gasteiger partial charge in [0, 0.05) is 6.54 Å². The number of hydrogen-bond donors (Lipinski definition) is 1. The molecule has 0 unspecified atom stereocenters. The number of benzene rings is 2. The van der Waals surface area contributed by atoms with Gasteiger partial charge in [0.15, 0.2) is 0 Å². The molecule has 0 amide bonds. The monoisotopic (exact) mass is 367 g/mol. The highest BCUT2D eigenvalue weighted by Gasteiger charge is 2.07. The molecule has 21 heavy (non-hydrogen) atoms. The summed E-state index contributed by atoms with van der Waals surface area (Å²) in [4.78, 5) is 0. The second-order valence-corrected chi connectivity index (χ2v) is 6.24. The normalized spacial score (nSPS) is 10.7. The second kappa shape index (κ2) is 7.83. The lowest BCUT2D eigenvalue weighted by Crippen LogP contribution is -2.13. The third-order valence-corrected chi connectivity index (χ3v) is 3.99. The van der Waals surface area contributed by atoms with E-state index in [4.69, 9.17) is 16.3 Å². The topological polar surface area (TPSA) is 21.3 Å². The van der Waals surface area contributed by atoms with Crippen LogP contribution in [0.5, 0.6) is 11.5 Å². The molecule has 0 bridgehead atoms. The van der Waals surface area contributed by atoms with Gasteiger partial charge in [0.2, 0.25) is 0 Å². The van der Waals surface area contributed by atoms with E-state index in [0.29, 0.717) is 10.8 Å². The molecule has 0 aliphatic carbocycles. The molecule has 2 aromatic carbocycles. The molecule has 0 spiro atoms. The van der Waals surface area contributed by atoms with Crippen LogP contribution in [0.2, 0.25) is 5.02 Å². The van der Waals surface area contributed by atoms with Crippen molar-refractivity contribution >= 4 is 27.5 Å². The van der Waals surface area contributed by atoms with Gasteiger partial charge in [-0.15, -0.1) is 0 Å². The van der Waals surface area contributed by atoms with Crippen molar-refractivity contribution in [2.24, 2.45) is 0 Å². The van der Waals surface area contributed by atoms with Crippen LogP contribution in [0.15, 0.2) is 40.9 Å². The highest BCUT2D eigenvalue weighted by atomic mass is 79.9. The van der Waals surface area contributed by atoms with Gasteiger partial charge in [0.1, 0.15) is 11.5 Å². The van der Waals surface area contributed by atoms with Gasteiger partial charge in [-0.2, -0.15) is 0 Å². The quantitative estimate of drug-likeness (QED) is 0.660. The molecule has 0 heterocycles. The van der Waals surface area contributed by atoms with Crippen molar-refractivity contribution in [3.05, 3.63) is 57.0 Å². The van der Waals surface area contributed by atoms with E-state index in [1.54, 1.807) is 0 Å². The smallest absolute Gasteiger partial charge is 0.146 e. The number of hydrogen-bond acceptors (Lipinski definition) is 2. The maximum atomic E-state index is 6.16. The Morgan fingerprint density at radius 1 is 1.14 bits per heavy atom. The molecular weight excluding hydrogens is 350 g/mol. The van der Waals surface area contributed by atoms with Crippen LogP contribution >= 0.6 is 27.5 Å². The van der Waals surface area contributed by atoms with Gasteiger partial charge in [-0.25, -0.2) is 0 Å². The predicted molar refractivity (Wildman–Crippen MR) is 92.4 cm³/mol. The highest BCUT2D eigenvalue weighted by molar-refractivity contribution is 9.10. The Kier molecular flexibility index (Phi) is 6.09. The number of rotatable bonds is 6. The minimum absolute atomic E-state index is 0.612. The lowest BCUT2D eigenvalue weighted by molar-refractivity contribution is 0.479. The van der Waals surface area contributed by atoms with E-state index in [1.165, 1.54) is 5.56 Å². The fraction of sp³-hybridized carbons (Fsp3) is 0.294. The van der Waals surface area contributed by atoms with Crippen LogP contribution in [0, 0.1) is 6.92 Å². The maximum Gasteiger partial charge on any atom is 0.146 e. The van der Waals surface area contributed by atoms with Gasteiger partial charge >= 0.3 is 0 Å². The molecule has 0 aromatic heterocycles. The molecule has 0 radical (unpaired) electrons. The molecule has 0 atom stereocenters. The Balaban J connectivity index is 2.12. The lowest BCUT2D eigenvalue weighted by Gasteiger charge is -2.11. The predicted octanol–water partition coefficient (Wildman–Crippen LogP) is 5.70. The fourth-order valence-corrected chi connectivity index (χ4v) is 2.62. The van der Waals surface area contributed by atoms with E-state index in [-0.39, 0.29) is 0 Å². The minimum Gasteiger partial charge on any atom is -0.455 e. The van der Waals surface area contributed by atoms with E-state index in [2.05, 4.69) is 40.3 Å². The SMILES string of the molecule is CCCNCc1ccc(Oc2cc(C)ccc2Cl)c(Br)c1. The van der Waals surface area contributed by atoms with Crippen molar-refractivity contribution in [2.75, 3.05) is 6.54 Å². The molecule has 2 aromatic rings. The molecule has 0 aliphatic heterocycles. The Labute approximate surface area is 139 Å². The van der Waals surface area contributed by atoms with Crippen LogP contribution in [0.1, 0.15) is 24.5 Å². The van der Waals surface area contributed by atoms with Crippen molar-refractivity contribution in [2.45, 2.75) is 26.8 Å². The summed E-state index contributed by atoms with van der Waals surface area (Å²) < 4.78 is 6.83. The van der Waals surface area contributed by atoms with E-state index in [1.807, 2.05) is 31.2 Å². The summed E-state index contributed by atoms with van der Waals surface area (Å²) in [5.74, 6) is 1.44. The first kappa shape index (κ1) is 16.3. The summed E-state index contributed by atoms with van der Waals surface area (Å²) in [6.45, 7) is 6.05. The fourth-order valence-electron chi connectivity index (χ4n) is 1.95. The third kappa shape index (κ3) is 4.73. The van der Waals surface area contributed by atoms with E-state index in [9.17, 15) is 0 Å². The Bertz CT molecular complexity index is 616. The molecule has 0 fully saturated rings. The minimum atomic E-state index is 0.612. The number of aryl methyl sites for hydroxylation is 1. The van der Waals surface area contributed by atoms with Crippen LogP contribution in [0.4, 0.5) is 0 Å². The summed E-state index contributed by atoms with van der Waals surface area (Å²) >= 11 is 9.72. The molecule has 2 nitrogen and oxygen atoms in total. The maximum absolute atomic E-state index is 6.16. The first-order valence-electron chi connectivity index (χ1n) is 7.03. The van der Waals surface area contributed by atoms with Crippen LogP contribution in [-0.2, 0) is 6.54 Å². The number of ether oxygens (including phenoxy) is 1. The summed E-state index contributed by atoms with van der Waals surface area (Å²) in [6.07, 6.45) is 1.13. The zero-order valence-corrected chi connectivity index (χ0v) is 14.6. The molecule has 0 saturated heterocycles. The van der Waals surface area contributed by atoms with Crippen molar-refractivity contribution in [3.8, 4) is 11.5 Å². The molecular formula is C17H19BrClNO. The van der Waals surface area contributed by atoms with Crippen molar-refractivity contribution < 1.29 is 4.74 Å². The Morgan fingerprint density at radius 2 is 1.95 bits per heavy atom. The molecule has 112 valence electrons. The van der Waals surface area contributed by atoms with Gasteiger partial charge in [-0.05, 0) is 71.2 Å². The molecule has 0 saturated carbocycles. The van der Waals surface area contributed by atoms with Crippen LogP contribution in [0.3, 0.4) is 0 Å². The first-order valence-corrected chi connectivity index (χ1v) is 8.20. The van der Waals surface area contributed by atoms with E-state index >= 15 is 0 Å². The van der Waals surface area contributed by atoms with Gasteiger partial charge in [0.05, 0.1) is 9.50 Å². The van der Waals surface area contributed by atoms with Crippen molar-refractivity contribution in [1.29, 1.82) is 0 Å². The first-order chi connectivity index (χ1) is 10.1. The third-order valence-electron chi connectivity index (χ3n) is 3.06. The molecule has 1 N–H and O–H groups in total. The lowest BCUT2D eigenvalue weighted by atomic mass is 10.2. The van der Waals surface area contributed by atoms with Crippen molar-refractivity contribution in [3.63, 3.8) is 0 Å². The molecule has 2 rings (SSSR count). The van der Waals surface area contributed by atoms with Crippen molar-refractivity contribution in [1.82, 2.24) is 5.32 Å². The molecule has 0 aliphatic rings. The Morgan fingerprint density at radius 3 is 2.67 bits per heavy atom.